The molecule has 0 saturated heterocycles. The largest absolute Gasteiger partial charge is 0.493 e. The smallest absolute Gasteiger partial charge is 0.338 e. The van der Waals surface area contributed by atoms with E-state index in [9.17, 15) is 14.4 Å². The van der Waals surface area contributed by atoms with Crippen LogP contribution in [0.15, 0.2) is 30.3 Å². The van der Waals surface area contributed by atoms with E-state index in [1.807, 2.05) is 32.0 Å². The van der Waals surface area contributed by atoms with Crippen LogP contribution in [0, 0.1) is 13.8 Å². The lowest BCUT2D eigenvalue weighted by molar-refractivity contribution is -0.136. The Kier molecular flexibility index (Phi) is 7.19. The minimum Gasteiger partial charge on any atom is -0.493 e. The number of carbonyl (C=O) groups excluding carboxylic acids is 3. The molecule has 2 amide bonds. The van der Waals surface area contributed by atoms with Crippen molar-refractivity contribution in [3.8, 4) is 17.2 Å². The number of nitrogens with zero attached hydrogens (tertiary/aromatic N) is 1. The third-order valence-electron chi connectivity index (χ3n) is 4.94. The zero-order chi connectivity index (χ0) is 23.3. The number of esters is 1. The monoisotopic (exact) mass is 442 g/mol. The molecular formula is C23H26N2O7. The maximum Gasteiger partial charge on any atom is 0.338 e. The number of hydrogen-bond acceptors (Lipinski definition) is 7. The summed E-state index contributed by atoms with van der Waals surface area (Å²) in [6.45, 7) is 3.82. The number of nitrogens with one attached hydrogen (secondary N) is 1. The second-order valence-electron chi connectivity index (χ2n) is 7.34. The summed E-state index contributed by atoms with van der Waals surface area (Å²) in [6.07, 6.45) is 0. The molecule has 0 fully saturated rings. The second-order valence-corrected chi connectivity index (χ2v) is 7.34. The Bertz CT molecular complexity index is 998. The number of rotatable bonds is 7. The number of anilines is 1. The molecule has 0 saturated carbocycles. The first kappa shape index (κ1) is 22.9. The Labute approximate surface area is 186 Å². The number of para-hydroxylation sites is 1. The molecule has 9 heteroatoms. The molecule has 170 valence electrons. The van der Waals surface area contributed by atoms with Gasteiger partial charge in [-0.3, -0.25) is 9.59 Å². The van der Waals surface area contributed by atoms with E-state index < -0.39 is 18.5 Å². The van der Waals surface area contributed by atoms with Gasteiger partial charge in [0.25, 0.3) is 5.91 Å². The number of amides is 2. The maximum atomic E-state index is 12.4. The van der Waals surface area contributed by atoms with Crippen molar-refractivity contribution in [1.29, 1.82) is 0 Å². The van der Waals surface area contributed by atoms with Crippen LogP contribution in [0.25, 0.3) is 0 Å². The number of methoxy groups -OCH3 is 1. The molecule has 0 radical (unpaired) electrons. The number of hydrogen-bond donors (Lipinski definition) is 1. The Morgan fingerprint density at radius 1 is 1.09 bits per heavy atom. The highest BCUT2D eigenvalue weighted by atomic mass is 16.6. The van der Waals surface area contributed by atoms with Crippen molar-refractivity contribution in [2.24, 2.45) is 0 Å². The van der Waals surface area contributed by atoms with E-state index in [2.05, 4.69) is 5.32 Å². The Morgan fingerprint density at radius 3 is 2.47 bits per heavy atom. The molecule has 0 unspecified atom stereocenters. The number of likely N-dealkylation sites (N-methyl/N-ethyl adjacent to an activating group) is 1. The van der Waals surface area contributed by atoms with Crippen molar-refractivity contribution in [2.45, 2.75) is 13.8 Å². The minimum atomic E-state index is -0.720. The first-order valence-electron chi connectivity index (χ1n) is 10.0. The zero-order valence-electron chi connectivity index (χ0n) is 18.5. The molecule has 2 aromatic rings. The average molecular weight is 442 g/mol. The van der Waals surface area contributed by atoms with Gasteiger partial charge in [0.1, 0.15) is 13.2 Å². The highest BCUT2D eigenvalue weighted by Crippen LogP contribution is 2.40. The fraction of sp³-hybridized carbons (Fsp3) is 0.348. The third-order valence-corrected chi connectivity index (χ3v) is 4.94. The van der Waals surface area contributed by atoms with Gasteiger partial charge in [-0.25, -0.2) is 4.79 Å². The number of benzene rings is 2. The SMILES string of the molecule is COc1cc(C(=O)OCC(=O)N(C)CC(=O)Nc2c(C)cccc2C)cc2c1OCCO2. The van der Waals surface area contributed by atoms with Crippen LogP contribution in [0.5, 0.6) is 17.2 Å². The molecule has 9 nitrogen and oxygen atoms in total. The van der Waals surface area contributed by atoms with E-state index in [0.717, 1.165) is 16.8 Å². The van der Waals surface area contributed by atoms with Crippen molar-refractivity contribution in [3.63, 3.8) is 0 Å². The molecule has 2 aromatic carbocycles. The lowest BCUT2D eigenvalue weighted by atomic mass is 10.1. The Hall–Kier alpha value is -3.75. The maximum absolute atomic E-state index is 12.4. The van der Waals surface area contributed by atoms with Gasteiger partial charge < -0.3 is 29.2 Å². The highest BCUT2D eigenvalue weighted by Gasteiger charge is 2.23. The number of fused-ring (bicyclic) bond motifs is 1. The molecule has 3 rings (SSSR count). The summed E-state index contributed by atoms with van der Waals surface area (Å²) in [6, 6.07) is 8.63. The lowest BCUT2D eigenvalue weighted by Crippen LogP contribution is -2.37. The van der Waals surface area contributed by atoms with Gasteiger partial charge in [0.15, 0.2) is 18.1 Å². The predicted molar refractivity (Wildman–Crippen MR) is 116 cm³/mol. The van der Waals surface area contributed by atoms with E-state index in [1.54, 1.807) is 0 Å². The quantitative estimate of drug-likeness (QED) is 0.657. The van der Waals surface area contributed by atoms with Gasteiger partial charge in [0.05, 0.1) is 19.2 Å². The van der Waals surface area contributed by atoms with E-state index in [4.69, 9.17) is 18.9 Å². The first-order chi connectivity index (χ1) is 15.3. The van der Waals surface area contributed by atoms with Crippen LogP contribution in [0.3, 0.4) is 0 Å². The second kappa shape index (κ2) is 10.0. The fourth-order valence-corrected chi connectivity index (χ4v) is 3.21. The summed E-state index contributed by atoms with van der Waals surface area (Å²) >= 11 is 0. The van der Waals surface area contributed by atoms with Crippen LogP contribution < -0.4 is 19.5 Å². The number of ether oxygens (including phenoxy) is 4. The van der Waals surface area contributed by atoms with Crippen molar-refractivity contribution in [2.75, 3.05) is 45.8 Å². The summed E-state index contributed by atoms with van der Waals surface area (Å²) in [5.41, 5.74) is 2.74. The minimum absolute atomic E-state index is 0.161. The molecule has 1 aliphatic rings. The predicted octanol–water partition coefficient (Wildman–Crippen LogP) is 2.34. The van der Waals surface area contributed by atoms with Gasteiger partial charge in [-0.2, -0.15) is 0 Å². The molecule has 0 aliphatic carbocycles. The van der Waals surface area contributed by atoms with E-state index in [0.29, 0.717) is 30.5 Å². The van der Waals surface area contributed by atoms with Crippen molar-refractivity contribution < 1.29 is 33.3 Å². The van der Waals surface area contributed by atoms with Crippen molar-refractivity contribution in [1.82, 2.24) is 4.90 Å². The summed E-state index contributed by atoms with van der Waals surface area (Å²) in [5, 5.41) is 2.82. The standard InChI is InChI=1S/C23H26N2O7/c1-14-6-5-7-15(2)21(14)24-19(26)12-25(3)20(27)13-32-23(28)16-10-17(29-4)22-18(11-16)30-8-9-31-22/h5-7,10-11H,8-9,12-13H2,1-4H3,(H,24,26). The number of aryl methyl sites for hydroxylation is 2. The molecular weight excluding hydrogens is 416 g/mol. The topological polar surface area (TPSA) is 103 Å². The molecule has 1 N–H and O–H groups in total. The summed E-state index contributed by atoms with van der Waals surface area (Å²) in [4.78, 5) is 38.3. The molecule has 1 aliphatic heterocycles. The lowest BCUT2D eigenvalue weighted by Gasteiger charge is -2.21. The van der Waals surface area contributed by atoms with Crippen LogP contribution in [-0.4, -0.2) is 63.2 Å². The van der Waals surface area contributed by atoms with Crippen LogP contribution in [0.1, 0.15) is 21.5 Å². The highest BCUT2D eigenvalue weighted by molar-refractivity contribution is 5.96. The molecule has 1 heterocycles. The van der Waals surface area contributed by atoms with E-state index >= 15 is 0 Å². The summed E-state index contributed by atoms with van der Waals surface area (Å²) in [5.74, 6) is -0.460. The van der Waals surface area contributed by atoms with Crippen molar-refractivity contribution in [3.05, 3.63) is 47.0 Å². The van der Waals surface area contributed by atoms with Gasteiger partial charge in [0.2, 0.25) is 11.7 Å². The zero-order valence-corrected chi connectivity index (χ0v) is 18.5. The molecule has 0 atom stereocenters. The summed E-state index contributed by atoms with van der Waals surface area (Å²) < 4.78 is 21.4. The van der Waals surface area contributed by atoms with Gasteiger partial charge >= 0.3 is 5.97 Å². The van der Waals surface area contributed by atoms with Crippen LogP contribution in [0.2, 0.25) is 0 Å². The average Bonchev–Trinajstić information content (AvgIpc) is 2.78. The van der Waals surface area contributed by atoms with Crippen molar-refractivity contribution >= 4 is 23.5 Å². The Balaban J connectivity index is 1.56. The van der Waals surface area contributed by atoms with Crippen LogP contribution in [-0.2, 0) is 14.3 Å². The normalized spacial score (nSPS) is 12.0. The van der Waals surface area contributed by atoms with E-state index in [-0.39, 0.29) is 18.0 Å². The van der Waals surface area contributed by atoms with Gasteiger partial charge in [-0.05, 0) is 37.1 Å². The molecule has 0 spiro atoms. The van der Waals surface area contributed by atoms with Gasteiger partial charge in [-0.15, -0.1) is 0 Å². The van der Waals surface area contributed by atoms with Gasteiger partial charge in [0, 0.05) is 12.7 Å². The third kappa shape index (κ3) is 5.29. The molecule has 32 heavy (non-hydrogen) atoms. The fourth-order valence-electron chi connectivity index (χ4n) is 3.21. The first-order valence-corrected chi connectivity index (χ1v) is 10.0. The molecule has 0 bridgehead atoms. The van der Waals surface area contributed by atoms with E-state index in [1.165, 1.54) is 31.2 Å². The number of carbonyl (C=O) groups is 3. The van der Waals surface area contributed by atoms with Crippen LogP contribution >= 0.6 is 0 Å². The Morgan fingerprint density at radius 2 is 1.78 bits per heavy atom. The molecule has 0 aromatic heterocycles. The van der Waals surface area contributed by atoms with Crippen LogP contribution in [0.4, 0.5) is 5.69 Å². The van der Waals surface area contributed by atoms with Gasteiger partial charge in [-0.1, -0.05) is 18.2 Å². The summed E-state index contributed by atoms with van der Waals surface area (Å²) in [7, 11) is 2.91.